The van der Waals surface area contributed by atoms with Gasteiger partial charge in [-0.3, -0.25) is 4.90 Å². The minimum Gasteiger partial charge on any atom is -0.467 e. The van der Waals surface area contributed by atoms with E-state index in [9.17, 15) is 9.90 Å². The molecule has 0 aliphatic carbocycles. The van der Waals surface area contributed by atoms with Gasteiger partial charge in [0.2, 0.25) is 0 Å². The number of piperazine rings is 1. The first-order valence-corrected chi connectivity index (χ1v) is 6.38. The third-order valence-corrected chi connectivity index (χ3v) is 3.21. The van der Waals surface area contributed by atoms with Gasteiger partial charge in [-0.2, -0.15) is 0 Å². The molecule has 0 saturated carbocycles. The molecule has 106 valence electrons. The summed E-state index contributed by atoms with van der Waals surface area (Å²) in [6.07, 6.45) is 0. The first kappa shape index (κ1) is 15.4. The number of nitrogens with zero attached hydrogens (tertiary/aromatic N) is 2. The summed E-state index contributed by atoms with van der Waals surface area (Å²) in [5, 5.41) is 13.3. The van der Waals surface area contributed by atoms with Gasteiger partial charge in [-0.1, -0.05) is 0 Å². The lowest BCUT2D eigenvalue weighted by atomic mass is 10.1. The zero-order valence-electron chi connectivity index (χ0n) is 11.6. The Kier molecular flexibility index (Phi) is 6.01. The van der Waals surface area contributed by atoms with E-state index in [0.29, 0.717) is 0 Å². The molecule has 0 aromatic rings. The lowest BCUT2D eigenvalue weighted by molar-refractivity contribution is -0.162. The highest BCUT2D eigenvalue weighted by Crippen LogP contribution is 2.07. The molecule has 0 spiro atoms. The van der Waals surface area contributed by atoms with Crippen molar-refractivity contribution in [2.24, 2.45) is 0 Å². The van der Waals surface area contributed by atoms with Gasteiger partial charge in [0, 0.05) is 45.8 Å². The smallest absolute Gasteiger partial charge is 0.338 e. The molecular formula is C12H25N3O3. The molecule has 1 unspecified atom stereocenters. The maximum absolute atomic E-state index is 11.4. The van der Waals surface area contributed by atoms with Crippen LogP contribution in [0.4, 0.5) is 0 Å². The summed E-state index contributed by atoms with van der Waals surface area (Å²) in [6.45, 7) is 7.73. The summed E-state index contributed by atoms with van der Waals surface area (Å²) in [7, 11) is 3.19. The molecule has 0 aromatic carbocycles. The fraction of sp³-hybridized carbons (Fsp3) is 0.917. The van der Waals surface area contributed by atoms with Gasteiger partial charge in [-0.05, 0) is 14.0 Å². The van der Waals surface area contributed by atoms with Crippen LogP contribution in [0.15, 0.2) is 0 Å². The maximum atomic E-state index is 11.4. The number of carbonyl (C=O) groups is 1. The quantitative estimate of drug-likeness (QED) is 0.581. The average Bonchev–Trinajstić information content (AvgIpc) is 2.36. The van der Waals surface area contributed by atoms with Crippen molar-refractivity contribution in [2.45, 2.75) is 12.5 Å². The van der Waals surface area contributed by atoms with Crippen molar-refractivity contribution in [3.8, 4) is 0 Å². The Bertz CT molecular complexity index is 265. The number of methoxy groups -OCH3 is 1. The van der Waals surface area contributed by atoms with Gasteiger partial charge in [0.15, 0.2) is 5.60 Å². The van der Waals surface area contributed by atoms with E-state index in [1.807, 2.05) is 11.9 Å². The third-order valence-electron chi connectivity index (χ3n) is 3.21. The van der Waals surface area contributed by atoms with Gasteiger partial charge >= 0.3 is 5.97 Å². The lowest BCUT2D eigenvalue weighted by Gasteiger charge is -2.31. The van der Waals surface area contributed by atoms with E-state index in [4.69, 9.17) is 0 Å². The molecule has 0 aromatic heterocycles. The number of nitrogens with one attached hydrogen (secondary N) is 1. The molecule has 0 radical (unpaired) electrons. The molecule has 6 nitrogen and oxygen atoms in total. The fourth-order valence-corrected chi connectivity index (χ4v) is 2.14. The van der Waals surface area contributed by atoms with Gasteiger partial charge in [-0.15, -0.1) is 0 Å². The van der Waals surface area contributed by atoms with Crippen molar-refractivity contribution in [2.75, 3.05) is 60.0 Å². The zero-order valence-corrected chi connectivity index (χ0v) is 11.6. The first-order valence-electron chi connectivity index (χ1n) is 6.38. The second kappa shape index (κ2) is 7.04. The third kappa shape index (κ3) is 4.89. The second-order valence-corrected chi connectivity index (χ2v) is 5.09. The van der Waals surface area contributed by atoms with Crippen molar-refractivity contribution >= 4 is 5.97 Å². The van der Waals surface area contributed by atoms with Crippen molar-refractivity contribution in [1.82, 2.24) is 15.1 Å². The van der Waals surface area contributed by atoms with Gasteiger partial charge in [0.1, 0.15) is 0 Å². The number of ether oxygens (including phenoxy) is 1. The zero-order chi connectivity index (χ0) is 13.6. The van der Waals surface area contributed by atoms with E-state index in [1.54, 1.807) is 0 Å². The standard InChI is InChI=1S/C12H25N3O3/c1-12(17,11(16)18-3)10-14(2)8-9-15-6-4-13-5-7-15/h13,17H,4-10H2,1-3H3. The highest BCUT2D eigenvalue weighted by molar-refractivity contribution is 5.78. The lowest BCUT2D eigenvalue weighted by Crippen LogP contribution is -2.49. The summed E-state index contributed by atoms with van der Waals surface area (Å²) in [5.41, 5.74) is -1.44. The molecule has 0 amide bonds. The highest BCUT2D eigenvalue weighted by Gasteiger charge is 2.32. The van der Waals surface area contributed by atoms with Gasteiger partial charge in [-0.25, -0.2) is 4.79 Å². The van der Waals surface area contributed by atoms with Crippen molar-refractivity contribution in [1.29, 1.82) is 0 Å². The Morgan fingerprint density at radius 2 is 2.11 bits per heavy atom. The number of likely N-dealkylation sites (N-methyl/N-ethyl adjacent to an activating group) is 1. The molecule has 6 heteroatoms. The number of aliphatic hydroxyl groups is 1. The molecule has 1 atom stereocenters. The highest BCUT2D eigenvalue weighted by atomic mass is 16.5. The Morgan fingerprint density at radius 3 is 2.67 bits per heavy atom. The van der Waals surface area contributed by atoms with Crippen LogP contribution in [0.3, 0.4) is 0 Å². The molecule has 1 saturated heterocycles. The van der Waals surface area contributed by atoms with Crippen molar-refractivity contribution in [3.63, 3.8) is 0 Å². The van der Waals surface area contributed by atoms with Gasteiger partial charge in [0.25, 0.3) is 0 Å². The number of hydrogen-bond acceptors (Lipinski definition) is 6. The molecule has 1 fully saturated rings. The number of esters is 1. The minimum absolute atomic E-state index is 0.283. The van der Waals surface area contributed by atoms with Crippen LogP contribution in [0.2, 0.25) is 0 Å². The Morgan fingerprint density at radius 1 is 1.50 bits per heavy atom. The Balaban J connectivity index is 2.27. The van der Waals surface area contributed by atoms with E-state index in [2.05, 4.69) is 15.0 Å². The van der Waals surface area contributed by atoms with Crippen LogP contribution in [0.25, 0.3) is 0 Å². The normalized spacial score (nSPS) is 20.7. The predicted octanol–water partition coefficient (Wildman–Crippen LogP) is -1.25. The average molecular weight is 259 g/mol. The topological polar surface area (TPSA) is 65.0 Å². The molecule has 1 aliphatic rings. The van der Waals surface area contributed by atoms with Crippen LogP contribution in [0.5, 0.6) is 0 Å². The molecule has 2 N–H and O–H groups in total. The Labute approximate surface area is 109 Å². The van der Waals surface area contributed by atoms with Crippen LogP contribution in [-0.2, 0) is 9.53 Å². The van der Waals surface area contributed by atoms with E-state index in [-0.39, 0.29) is 6.54 Å². The van der Waals surface area contributed by atoms with E-state index in [1.165, 1.54) is 14.0 Å². The van der Waals surface area contributed by atoms with Crippen LogP contribution in [0, 0.1) is 0 Å². The second-order valence-electron chi connectivity index (χ2n) is 5.09. The molecule has 1 heterocycles. The van der Waals surface area contributed by atoms with E-state index in [0.717, 1.165) is 39.3 Å². The SMILES string of the molecule is COC(=O)C(C)(O)CN(C)CCN1CCNCC1. The summed E-state index contributed by atoms with van der Waals surface area (Å²) < 4.78 is 4.58. The predicted molar refractivity (Wildman–Crippen MR) is 69.4 cm³/mol. The fourth-order valence-electron chi connectivity index (χ4n) is 2.14. The number of carbonyl (C=O) groups excluding carboxylic acids is 1. The first-order chi connectivity index (χ1) is 8.45. The molecule has 1 aliphatic heterocycles. The maximum Gasteiger partial charge on any atom is 0.338 e. The number of rotatable bonds is 6. The summed E-state index contributed by atoms with van der Waals surface area (Å²) >= 11 is 0. The van der Waals surface area contributed by atoms with Crippen LogP contribution in [0.1, 0.15) is 6.92 Å². The summed E-state index contributed by atoms with van der Waals surface area (Å²) in [6, 6.07) is 0. The molecular weight excluding hydrogens is 234 g/mol. The minimum atomic E-state index is -1.44. The van der Waals surface area contributed by atoms with E-state index < -0.39 is 11.6 Å². The summed E-state index contributed by atoms with van der Waals surface area (Å²) in [4.78, 5) is 15.7. The van der Waals surface area contributed by atoms with Crippen LogP contribution < -0.4 is 5.32 Å². The van der Waals surface area contributed by atoms with Crippen LogP contribution >= 0.6 is 0 Å². The van der Waals surface area contributed by atoms with Gasteiger partial charge in [0.05, 0.1) is 7.11 Å². The largest absolute Gasteiger partial charge is 0.467 e. The van der Waals surface area contributed by atoms with Crippen LogP contribution in [-0.4, -0.2) is 86.4 Å². The summed E-state index contributed by atoms with van der Waals surface area (Å²) in [5.74, 6) is -0.587. The monoisotopic (exact) mass is 259 g/mol. The van der Waals surface area contributed by atoms with Crippen molar-refractivity contribution in [3.05, 3.63) is 0 Å². The molecule has 18 heavy (non-hydrogen) atoms. The van der Waals surface area contributed by atoms with E-state index >= 15 is 0 Å². The Hall–Kier alpha value is -0.690. The van der Waals surface area contributed by atoms with Gasteiger partial charge < -0.3 is 20.1 Å². The van der Waals surface area contributed by atoms with Crippen molar-refractivity contribution < 1.29 is 14.6 Å². The number of hydrogen-bond donors (Lipinski definition) is 2. The molecule has 0 bridgehead atoms. The molecule has 1 rings (SSSR count).